The first-order valence-corrected chi connectivity index (χ1v) is 8.55. The van der Waals surface area contributed by atoms with Gasteiger partial charge in [0.1, 0.15) is 0 Å². The number of ketones is 1. The monoisotopic (exact) mass is 346 g/mol. The Balaban J connectivity index is 2.40. The van der Waals surface area contributed by atoms with E-state index in [1.165, 1.54) is 11.8 Å². The van der Waals surface area contributed by atoms with E-state index in [1.807, 2.05) is 24.3 Å². The van der Waals surface area contributed by atoms with Crippen LogP contribution in [0.3, 0.4) is 0 Å². The average Bonchev–Trinajstić information content (AvgIpc) is 2.86. The number of hydrogen-bond acceptors (Lipinski definition) is 5. The summed E-state index contributed by atoms with van der Waals surface area (Å²) in [5, 5.41) is 10.2. The van der Waals surface area contributed by atoms with Gasteiger partial charge in [0.05, 0.1) is 18.2 Å². The van der Waals surface area contributed by atoms with Crippen molar-refractivity contribution < 1.29 is 19.4 Å². The smallest absolute Gasteiger partial charge is 0.290 e. The van der Waals surface area contributed by atoms with Crippen LogP contribution in [0, 0.1) is 0 Å². The molecule has 1 aromatic rings. The Labute approximate surface area is 148 Å². The molecule has 1 aromatic carbocycles. The van der Waals surface area contributed by atoms with E-state index in [2.05, 4.69) is 18.7 Å². The van der Waals surface area contributed by atoms with Crippen molar-refractivity contribution in [3.05, 3.63) is 41.2 Å². The minimum atomic E-state index is -0.578. The molecule has 1 amide bonds. The molecule has 0 radical (unpaired) electrons. The van der Waals surface area contributed by atoms with Crippen molar-refractivity contribution in [2.75, 3.05) is 38.3 Å². The number of benzene rings is 1. The van der Waals surface area contributed by atoms with E-state index < -0.39 is 17.7 Å². The predicted molar refractivity (Wildman–Crippen MR) is 96.7 cm³/mol. The second kappa shape index (κ2) is 8.16. The van der Waals surface area contributed by atoms with Gasteiger partial charge in [-0.25, -0.2) is 0 Å². The van der Waals surface area contributed by atoms with Crippen LogP contribution in [0.1, 0.15) is 32.4 Å². The molecule has 2 rings (SSSR count). The molecule has 0 spiro atoms. The van der Waals surface area contributed by atoms with Gasteiger partial charge in [0.15, 0.2) is 11.5 Å². The first-order chi connectivity index (χ1) is 12.0. The van der Waals surface area contributed by atoms with Gasteiger partial charge < -0.3 is 19.6 Å². The van der Waals surface area contributed by atoms with Crippen LogP contribution in [0.5, 0.6) is 0 Å². The fourth-order valence-electron chi connectivity index (χ4n) is 3.24. The number of nitrogens with zero attached hydrogens (tertiary/aromatic N) is 2. The highest BCUT2D eigenvalue weighted by Crippen LogP contribution is 2.37. The molecule has 0 aromatic heterocycles. The summed E-state index contributed by atoms with van der Waals surface area (Å²) in [6.07, 6.45) is 0. The molecule has 0 saturated carbocycles. The van der Waals surface area contributed by atoms with Crippen LogP contribution in [0.4, 0.5) is 5.69 Å². The maximum Gasteiger partial charge on any atom is 0.290 e. The Morgan fingerprint density at radius 3 is 2.32 bits per heavy atom. The maximum absolute atomic E-state index is 12.4. The van der Waals surface area contributed by atoms with Gasteiger partial charge in [0.25, 0.3) is 5.91 Å². The Morgan fingerprint density at radius 1 is 1.24 bits per heavy atom. The minimum Gasteiger partial charge on any atom is -0.503 e. The summed E-state index contributed by atoms with van der Waals surface area (Å²) < 4.78 is 5.06. The number of methoxy groups -OCH3 is 1. The van der Waals surface area contributed by atoms with E-state index in [9.17, 15) is 14.7 Å². The minimum absolute atomic E-state index is 0.150. The zero-order valence-corrected chi connectivity index (χ0v) is 15.3. The predicted octanol–water partition coefficient (Wildman–Crippen LogP) is 2.46. The van der Waals surface area contributed by atoms with Gasteiger partial charge in [-0.15, -0.1) is 0 Å². The first kappa shape index (κ1) is 19.0. The van der Waals surface area contributed by atoms with Gasteiger partial charge in [-0.3, -0.25) is 9.59 Å². The number of carbonyl (C=O) groups excluding carboxylic acids is 2. The molecule has 1 heterocycles. The van der Waals surface area contributed by atoms with Crippen LogP contribution in [-0.4, -0.2) is 55.0 Å². The van der Waals surface area contributed by atoms with Gasteiger partial charge in [-0.2, -0.15) is 0 Å². The van der Waals surface area contributed by atoms with Crippen molar-refractivity contribution in [1.82, 2.24) is 4.90 Å². The molecule has 6 heteroatoms. The number of aliphatic hydroxyl groups excluding tert-OH is 1. The molecular formula is C19H26N2O4. The highest BCUT2D eigenvalue weighted by atomic mass is 16.5. The summed E-state index contributed by atoms with van der Waals surface area (Å²) in [6.45, 7) is 7.99. The zero-order valence-electron chi connectivity index (χ0n) is 15.3. The molecule has 25 heavy (non-hydrogen) atoms. The molecule has 1 N–H and O–H groups in total. The van der Waals surface area contributed by atoms with E-state index in [0.717, 1.165) is 24.3 Å². The van der Waals surface area contributed by atoms with Crippen molar-refractivity contribution in [2.45, 2.75) is 26.8 Å². The maximum atomic E-state index is 12.4. The number of amides is 1. The molecule has 1 aliphatic rings. The van der Waals surface area contributed by atoms with E-state index in [-0.39, 0.29) is 11.4 Å². The van der Waals surface area contributed by atoms with Gasteiger partial charge >= 0.3 is 0 Å². The molecule has 6 nitrogen and oxygen atoms in total. The molecule has 1 unspecified atom stereocenters. The van der Waals surface area contributed by atoms with Gasteiger partial charge in [0, 0.05) is 32.4 Å². The van der Waals surface area contributed by atoms with Crippen molar-refractivity contribution >= 4 is 17.4 Å². The van der Waals surface area contributed by atoms with E-state index >= 15 is 0 Å². The third-order valence-corrected chi connectivity index (χ3v) is 4.56. The quantitative estimate of drug-likeness (QED) is 0.783. The van der Waals surface area contributed by atoms with Crippen molar-refractivity contribution in [3.8, 4) is 0 Å². The zero-order chi connectivity index (χ0) is 18.6. The lowest BCUT2D eigenvalue weighted by Crippen LogP contribution is -2.33. The molecule has 0 bridgehead atoms. The number of anilines is 1. The van der Waals surface area contributed by atoms with Crippen LogP contribution >= 0.6 is 0 Å². The third kappa shape index (κ3) is 3.69. The van der Waals surface area contributed by atoms with E-state index in [0.29, 0.717) is 13.2 Å². The Kier molecular flexibility index (Phi) is 6.20. The summed E-state index contributed by atoms with van der Waals surface area (Å²) in [7, 11) is 1.55. The second-order valence-corrected chi connectivity index (χ2v) is 5.98. The summed E-state index contributed by atoms with van der Waals surface area (Å²) >= 11 is 0. The fourth-order valence-corrected chi connectivity index (χ4v) is 3.24. The average molecular weight is 346 g/mol. The Hall–Kier alpha value is -2.34. The molecule has 1 atom stereocenters. The highest BCUT2D eigenvalue weighted by Gasteiger charge is 2.42. The number of aliphatic hydroxyl groups is 1. The topological polar surface area (TPSA) is 70.1 Å². The summed E-state index contributed by atoms with van der Waals surface area (Å²) in [5.41, 5.74) is 2.03. The van der Waals surface area contributed by atoms with Crippen molar-refractivity contribution in [2.24, 2.45) is 0 Å². The third-order valence-electron chi connectivity index (χ3n) is 4.56. The van der Waals surface area contributed by atoms with Gasteiger partial charge in [-0.05, 0) is 38.5 Å². The number of rotatable bonds is 8. The number of carbonyl (C=O) groups is 2. The van der Waals surface area contributed by atoms with E-state index in [1.54, 1.807) is 7.11 Å². The number of ether oxygens (including phenoxy) is 1. The van der Waals surface area contributed by atoms with Crippen LogP contribution in [0.15, 0.2) is 35.6 Å². The molecule has 0 saturated heterocycles. The number of hydrogen-bond donors (Lipinski definition) is 1. The fraction of sp³-hybridized carbons (Fsp3) is 0.474. The van der Waals surface area contributed by atoms with E-state index in [4.69, 9.17) is 4.74 Å². The molecule has 0 fully saturated rings. The lowest BCUT2D eigenvalue weighted by molar-refractivity contribution is -0.130. The number of Topliss-reactive ketones (excluding diaryl/α,β-unsaturated/α-hetero) is 1. The molecule has 136 valence electrons. The molecule has 1 aliphatic heterocycles. The van der Waals surface area contributed by atoms with Crippen LogP contribution in [-0.2, 0) is 14.3 Å². The van der Waals surface area contributed by atoms with Crippen molar-refractivity contribution in [3.63, 3.8) is 0 Å². The highest BCUT2D eigenvalue weighted by molar-refractivity contribution is 6.08. The van der Waals surface area contributed by atoms with Gasteiger partial charge in [0.2, 0.25) is 0 Å². The van der Waals surface area contributed by atoms with Crippen molar-refractivity contribution in [1.29, 1.82) is 0 Å². The largest absolute Gasteiger partial charge is 0.503 e. The lowest BCUT2D eigenvalue weighted by atomic mass is 9.96. The van der Waals surface area contributed by atoms with Crippen LogP contribution in [0.2, 0.25) is 0 Å². The lowest BCUT2D eigenvalue weighted by Gasteiger charge is -2.27. The Bertz CT molecular complexity index is 663. The summed E-state index contributed by atoms with van der Waals surface area (Å²) in [6, 6.07) is 7.20. The molecule has 0 aliphatic carbocycles. The SMILES string of the molecule is CCN(CC)c1ccc(C2C(C(C)=O)=C(O)C(=O)N2CCOC)cc1. The van der Waals surface area contributed by atoms with Crippen LogP contribution < -0.4 is 4.90 Å². The normalized spacial score (nSPS) is 17.4. The summed E-state index contributed by atoms with van der Waals surface area (Å²) in [5.74, 6) is -1.29. The first-order valence-electron chi connectivity index (χ1n) is 8.55. The van der Waals surface area contributed by atoms with Crippen LogP contribution in [0.25, 0.3) is 0 Å². The Morgan fingerprint density at radius 2 is 1.84 bits per heavy atom. The second-order valence-electron chi connectivity index (χ2n) is 5.98. The summed E-state index contributed by atoms with van der Waals surface area (Å²) in [4.78, 5) is 28.1. The van der Waals surface area contributed by atoms with Gasteiger partial charge in [-0.1, -0.05) is 12.1 Å². The molecular weight excluding hydrogens is 320 g/mol. The standard InChI is InChI=1S/C19H26N2O4/c1-5-20(6-2)15-9-7-14(8-10-15)17-16(13(3)22)18(23)19(24)21(17)11-12-25-4/h7-10,17,23H,5-6,11-12H2,1-4H3.